The van der Waals surface area contributed by atoms with E-state index < -0.39 is 22.5 Å². The maximum atomic E-state index is 13.3. The number of aromatic amines is 2. The summed E-state index contributed by atoms with van der Waals surface area (Å²) >= 11 is 12.5. The maximum Gasteiger partial charge on any atom is 0.329 e. The largest absolute Gasteiger partial charge is 0.368 e. The molecule has 0 atom stereocenters. The summed E-state index contributed by atoms with van der Waals surface area (Å²) in [4.78, 5) is 75.2. The number of aryl methyl sites for hydroxylation is 4. The van der Waals surface area contributed by atoms with E-state index in [4.69, 9.17) is 33.2 Å². The summed E-state index contributed by atoms with van der Waals surface area (Å²) < 4.78 is 6.43. The summed E-state index contributed by atoms with van der Waals surface area (Å²) in [6.07, 6.45) is 0.479. The van der Waals surface area contributed by atoms with Crippen molar-refractivity contribution in [3.05, 3.63) is 100 Å². The van der Waals surface area contributed by atoms with E-state index in [1.807, 2.05) is 57.7 Å². The normalized spacial score (nSPS) is 15.3. The van der Waals surface area contributed by atoms with Crippen LogP contribution in [0.4, 0.5) is 23.3 Å². The fourth-order valence-electron chi connectivity index (χ4n) is 7.41. The third-order valence-corrected chi connectivity index (χ3v) is 10.7. The molecule has 0 aliphatic carbocycles. The third kappa shape index (κ3) is 6.35. The lowest BCUT2D eigenvalue weighted by molar-refractivity contribution is 0.551. The van der Waals surface area contributed by atoms with Gasteiger partial charge in [0.1, 0.15) is 0 Å². The van der Waals surface area contributed by atoms with E-state index in [2.05, 4.69) is 29.6 Å². The molecule has 0 radical (unpaired) electrons. The highest BCUT2D eigenvalue weighted by Gasteiger charge is 2.28. The van der Waals surface area contributed by atoms with Gasteiger partial charge in [0.05, 0.1) is 0 Å². The van der Waals surface area contributed by atoms with Crippen LogP contribution in [0.2, 0.25) is 10.0 Å². The first-order valence-corrected chi connectivity index (χ1v) is 18.2. The Morgan fingerprint density at radius 1 is 0.585 bits per heavy atom. The first-order chi connectivity index (χ1) is 25.6. The highest BCUT2D eigenvalue weighted by Crippen LogP contribution is 2.27. The van der Waals surface area contributed by atoms with Gasteiger partial charge in [-0.2, -0.15) is 9.97 Å². The van der Waals surface area contributed by atoms with Gasteiger partial charge in [0.15, 0.2) is 22.3 Å². The van der Waals surface area contributed by atoms with Gasteiger partial charge in [-0.3, -0.25) is 28.7 Å². The van der Waals surface area contributed by atoms with E-state index >= 15 is 0 Å². The number of nitrogens with one attached hydrogen (secondary N) is 2. The number of benzene rings is 2. The van der Waals surface area contributed by atoms with Crippen molar-refractivity contribution in [2.24, 2.45) is 14.1 Å². The number of hydrogen-bond acceptors (Lipinski definition) is 10. The van der Waals surface area contributed by atoms with Gasteiger partial charge in [0, 0.05) is 101 Å². The number of hydrogen-bond donors (Lipinski definition) is 2. The molecule has 4 aromatic heterocycles. The number of H-pyrrole nitrogens is 2. The summed E-state index contributed by atoms with van der Waals surface area (Å²) in [5.74, 6) is 1.18. The van der Waals surface area contributed by atoms with Crippen molar-refractivity contribution in [2.45, 2.75) is 19.5 Å². The molecule has 2 aromatic carbocycles. The molecule has 2 fully saturated rings. The molecule has 276 valence electrons. The van der Waals surface area contributed by atoms with Crippen LogP contribution in [-0.2, 0) is 27.2 Å². The average molecular weight is 762 g/mol. The van der Waals surface area contributed by atoms with Crippen molar-refractivity contribution < 1.29 is 0 Å². The molecule has 2 aliphatic heterocycles. The molecule has 0 spiro atoms. The van der Waals surface area contributed by atoms with E-state index in [0.717, 1.165) is 11.4 Å². The second-order valence-corrected chi connectivity index (χ2v) is 14.2. The van der Waals surface area contributed by atoms with Crippen LogP contribution >= 0.6 is 23.2 Å². The van der Waals surface area contributed by atoms with E-state index in [1.165, 1.54) is 9.13 Å². The number of rotatable bonds is 8. The number of anilines is 4. The fraction of sp³-hybridized carbons (Fsp3) is 0.371. The number of fused-ring (bicyclic) bond motifs is 2. The van der Waals surface area contributed by atoms with E-state index in [-0.39, 0.29) is 0 Å². The number of nitrogens with zero attached hydrogens (tertiary/aromatic N) is 10. The Hall–Kier alpha value is -5.48. The number of halogens is 2. The van der Waals surface area contributed by atoms with Crippen LogP contribution in [0.3, 0.4) is 0 Å². The Morgan fingerprint density at radius 3 is 1.34 bits per heavy atom. The van der Waals surface area contributed by atoms with Gasteiger partial charge in [-0.05, 0) is 42.8 Å². The molecule has 6 aromatic rings. The number of imidazole rings is 2. The molecule has 18 heteroatoms. The topological polar surface area (TPSA) is 158 Å². The lowest BCUT2D eigenvalue weighted by Crippen LogP contribution is -2.47. The zero-order valence-electron chi connectivity index (χ0n) is 29.3. The highest BCUT2D eigenvalue weighted by molar-refractivity contribution is 6.31. The first-order valence-electron chi connectivity index (χ1n) is 17.5. The van der Waals surface area contributed by atoms with Crippen LogP contribution in [0.15, 0.2) is 67.7 Å². The quantitative estimate of drug-likeness (QED) is 0.236. The van der Waals surface area contributed by atoms with Crippen molar-refractivity contribution >= 4 is 68.8 Å². The molecule has 8 rings (SSSR count). The molecular weight excluding hydrogens is 723 g/mol. The minimum Gasteiger partial charge on any atom is -0.368 e. The first kappa shape index (κ1) is 34.6. The second-order valence-electron chi connectivity index (χ2n) is 13.4. The van der Waals surface area contributed by atoms with Crippen LogP contribution in [-0.4, -0.2) is 90.6 Å². The van der Waals surface area contributed by atoms with E-state index in [1.54, 1.807) is 14.1 Å². The zero-order valence-corrected chi connectivity index (χ0v) is 30.8. The van der Waals surface area contributed by atoms with Gasteiger partial charge in [-0.15, -0.1) is 0 Å². The Kier molecular flexibility index (Phi) is 9.02. The van der Waals surface area contributed by atoms with Gasteiger partial charge in [0.2, 0.25) is 11.9 Å². The predicted molar refractivity (Wildman–Crippen MR) is 208 cm³/mol. The van der Waals surface area contributed by atoms with Crippen LogP contribution < -0.4 is 42.1 Å². The fourth-order valence-corrected chi connectivity index (χ4v) is 7.78. The van der Waals surface area contributed by atoms with Gasteiger partial charge in [0.25, 0.3) is 11.1 Å². The molecule has 2 saturated heterocycles. The van der Waals surface area contributed by atoms with E-state index in [0.29, 0.717) is 116 Å². The maximum absolute atomic E-state index is 13.3. The van der Waals surface area contributed by atoms with Crippen LogP contribution in [0.25, 0.3) is 22.3 Å². The van der Waals surface area contributed by atoms with Crippen molar-refractivity contribution in [3.63, 3.8) is 0 Å². The minimum atomic E-state index is -0.542. The summed E-state index contributed by atoms with van der Waals surface area (Å²) in [5, 5.41) is 1.34. The van der Waals surface area contributed by atoms with Crippen molar-refractivity contribution in [3.8, 4) is 0 Å². The van der Waals surface area contributed by atoms with Gasteiger partial charge in [-0.25, -0.2) is 9.59 Å². The van der Waals surface area contributed by atoms with Crippen molar-refractivity contribution in [1.82, 2.24) is 38.2 Å². The monoisotopic (exact) mass is 760 g/mol. The van der Waals surface area contributed by atoms with Gasteiger partial charge >= 0.3 is 11.4 Å². The Labute approximate surface area is 312 Å². The van der Waals surface area contributed by atoms with Crippen LogP contribution in [0.1, 0.15) is 6.42 Å². The van der Waals surface area contributed by atoms with Crippen LogP contribution in [0, 0.1) is 0 Å². The van der Waals surface area contributed by atoms with E-state index in [9.17, 15) is 19.2 Å². The molecule has 2 N–H and O–H groups in total. The summed E-state index contributed by atoms with van der Waals surface area (Å²) in [6, 6.07) is 15.5. The molecule has 2 aliphatic rings. The molecule has 6 heterocycles. The lowest BCUT2D eigenvalue weighted by Gasteiger charge is -2.37. The minimum absolute atomic E-state index is 0.295. The van der Waals surface area contributed by atoms with Gasteiger partial charge in [-0.1, -0.05) is 35.3 Å². The average Bonchev–Trinajstić information content (AvgIpc) is 3.73. The Morgan fingerprint density at radius 2 is 0.962 bits per heavy atom. The number of piperazine rings is 2. The smallest absolute Gasteiger partial charge is 0.329 e. The molecule has 16 nitrogen and oxygen atoms in total. The highest BCUT2D eigenvalue weighted by atomic mass is 35.5. The molecule has 0 unspecified atom stereocenters. The molecular formula is C35H38Cl2N12O4. The lowest BCUT2D eigenvalue weighted by atomic mass is 10.2. The third-order valence-electron chi connectivity index (χ3n) is 10.2. The van der Waals surface area contributed by atoms with Gasteiger partial charge < -0.3 is 28.7 Å². The summed E-state index contributed by atoms with van der Waals surface area (Å²) in [6.45, 7) is 6.03. The second kappa shape index (κ2) is 13.8. The predicted octanol–water partition coefficient (Wildman–Crippen LogP) is 2.21. The SMILES string of the molecule is Cn1c(=O)[nH]c(=O)c2c1nc(N1CCN(c3cccc(Cl)c3)CC1)n2CCCn1c(N2CCN(c3cccc(Cl)c3)CC2)nc2c1c(=O)[nH]c(=O)n2C. The van der Waals surface area contributed by atoms with Crippen molar-refractivity contribution in [2.75, 3.05) is 72.0 Å². The Bertz CT molecular complexity index is 2410. The Balaban J connectivity index is 1.10. The van der Waals surface area contributed by atoms with Crippen molar-refractivity contribution in [1.29, 1.82) is 0 Å². The molecule has 0 bridgehead atoms. The molecule has 0 saturated carbocycles. The summed E-state index contributed by atoms with van der Waals surface area (Å²) in [5.41, 5.74) is 1.14. The standard InChI is InChI=1S/C35H38Cl2N12O4/c1-42-28-26(30(50)40-34(42)52)48(32(38-28)46-16-12-44(13-17-46)24-8-3-6-22(36)20-24)10-5-11-49-27-29(43(2)35(53)41-31(27)51)39-33(49)47-18-14-45(15-19-47)25-9-4-7-23(37)21-25/h3-4,6-9,20-21H,5,10-19H2,1-2H3,(H,40,50,52)(H,41,51,53). The van der Waals surface area contributed by atoms with Crippen LogP contribution in [0.5, 0.6) is 0 Å². The number of aromatic nitrogens is 8. The molecule has 0 amide bonds. The molecule has 53 heavy (non-hydrogen) atoms. The summed E-state index contributed by atoms with van der Waals surface area (Å²) in [7, 11) is 3.18. The zero-order chi connectivity index (χ0) is 37.0.